The van der Waals surface area contributed by atoms with E-state index < -0.39 is 0 Å². The lowest BCUT2D eigenvalue weighted by atomic mass is 9.95. The van der Waals surface area contributed by atoms with Gasteiger partial charge in [0.1, 0.15) is 11.6 Å². The van der Waals surface area contributed by atoms with Crippen LogP contribution in [0.3, 0.4) is 0 Å². The molecule has 2 heterocycles. The molecule has 1 unspecified atom stereocenters. The van der Waals surface area contributed by atoms with E-state index in [0.717, 1.165) is 49.9 Å². The molecular weight excluding hydrogens is 226 g/mol. The van der Waals surface area contributed by atoms with Crippen molar-refractivity contribution < 1.29 is 4.74 Å². The van der Waals surface area contributed by atoms with Gasteiger partial charge in [-0.05, 0) is 19.8 Å². The molecule has 2 rings (SSSR count). The lowest BCUT2D eigenvalue weighted by molar-refractivity contribution is 0.0795. The first-order chi connectivity index (χ1) is 8.45. The van der Waals surface area contributed by atoms with Crippen molar-refractivity contribution in [3.63, 3.8) is 0 Å². The number of anilines is 1. The van der Waals surface area contributed by atoms with Crippen molar-refractivity contribution in [2.45, 2.75) is 58.4 Å². The molecule has 1 fully saturated rings. The lowest BCUT2D eigenvalue weighted by Gasteiger charge is -2.20. The van der Waals surface area contributed by atoms with Gasteiger partial charge in [-0.15, -0.1) is 0 Å². The zero-order chi connectivity index (χ0) is 13.3. The summed E-state index contributed by atoms with van der Waals surface area (Å²) >= 11 is 0. The van der Waals surface area contributed by atoms with E-state index in [1.54, 1.807) is 0 Å². The average Bonchev–Trinajstić information content (AvgIpc) is 2.67. The molecule has 1 atom stereocenters. The Hall–Kier alpha value is -1.03. The van der Waals surface area contributed by atoms with Crippen molar-refractivity contribution in [3.05, 3.63) is 11.5 Å². The maximum Gasteiger partial charge on any atom is 0.127 e. The number of nitrogens with two attached hydrogens (primary N) is 1. The molecule has 4 nitrogen and oxygen atoms in total. The Morgan fingerprint density at radius 1 is 1.44 bits per heavy atom. The molecule has 102 valence electrons. The van der Waals surface area contributed by atoms with Gasteiger partial charge < -0.3 is 15.0 Å². The van der Waals surface area contributed by atoms with Crippen LogP contribution < -0.4 is 5.73 Å². The first kappa shape index (κ1) is 13.4. The summed E-state index contributed by atoms with van der Waals surface area (Å²) in [5, 5.41) is 0. The maximum absolute atomic E-state index is 6.29. The highest BCUT2D eigenvalue weighted by Crippen LogP contribution is 2.33. The number of rotatable bonds is 2. The van der Waals surface area contributed by atoms with Crippen LogP contribution in [-0.4, -0.2) is 22.8 Å². The minimum atomic E-state index is 0.0257. The number of nitrogens with zero attached hydrogens (tertiary/aromatic N) is 2. The summed E-state index contributed by atoms with van der Waals surface area (Å²) in [7, 11) is 0. The SMILES string of the molecule is CCn1c(C(C)(C)C)nc(C2CCCOC2)c1N. The Labute approximate surface area is 110 Å². The molecule has 0 saturated carbocycles. The van der Waals surface area contributed by atoms with E-state index >= 15 is 0 Å². The Bertz CT molecular complexity index is 411. The molecule has 2 N–H and O–H groups in total. The summed E-state index contributed by atoms with van der Waals surface area (Å²) in [6.45, 7) is 11.2. The Balaban J connectivity index is 2.39. The van der Waals surface area contributed by atoms with Gasteiger partial charge in [0.2, 0.25) is 0 Å². The van der Waals surface area contributed by atoms with E-state index in [9.17, 15) is 0 Å². The van der Waals surface area contributed by atoms with Crippen molar-refractivity contribution in [1.82, 2.24) is 9.55 Å². The van der Waals surface area contributed by atoms with Gasteiger partial charge in [-0.25, -0.2) is 4.98 Å². The van der Waals surface area contributed by atoms with E-state index in [4.69, 9.17) is 15.5 Å². The minimum Gasteiger partial charge on any atom is -0.384 e. The smallest absolute Gasteiger partial charge is 0.127 e. The summed E-state index contributed by atoms with van der Waals surface area (Å²) in [6.07, 6.45) is 2.24. The molecule has 1 saturated heterocycles. The Kier molecular flexibility index (Phi) is 3.66. The summed E-state index contributed by atoms with van der Waals surface area (Å²) < 4.78 is 7.70. The van der Waals surface area contributed by atoms with Gasteiger partial charge in [0.05, 0.1) is 12.3 Å². The van der Waals surface area contributed by atoms with Gasteiger partial charge >= 0.3 is 0 Å². The van der Waals surface area contributed by atoms with E-state index in [1.165, 1.54) is 0 Å². The summed E-state index contributed by atoms with van der Waals surface area (Å²) in [5.41, 5.74) is 7.36. The number of hydrogen-bond donors (Lipinski definition) is 1. The van der Waals surface area contributed by atoms with Crippen molar-refractivity contribution in [2.24, 2.45) is 0 Å². The summed E-state index contributed by atoms with van der Waals surface area (Å²) in [4.78, 5) is 4.83. The number of aromatic nitrogens is 2. The normalized spacial score (nSPS) is 21.2. The molecule has 1 aliphatic heterocycles. The number of ether oxygens (including phenoxy) is 1. The monoisotopic (exact) mass is 251 g/mol. The van der Waals surface area contributed by atoms with E-state index in [1.807, 2.05) is 0 Å². The molecular formula is C14H25N3O. The van der Waals surface area contributed by atoms with Crippen LogP contribution in [0.15, 0.2) is 0 Å². The van der Waals surface area contributed by atoms with Crippen molar-refractivity contribution in [3.8, 4) is 0 Å². The summed E-state index contributed by atoms with van der Waals surface area (Å²) in [6, 6.07) is 0. The predicted molar refractivity (Wildman–Crippen MR) is 73.8 cm³/mol. The molecule has 1 aliphatic rings. The highest BCUT2D eigenvalue weighted by Gasteiger charge is 2.28. The van der Waals surface area contributed by atoms with Crippen LogP contribution >= 0.6 is 0 Å². The quantitative estimate of drug-likeness (QED) is 0.879. The number of hydrogen-bond acceptors (Lipinski definition) is 3. The van der Waals surface area contributed by atoms with Gasteiger partial charge in [-0.1, -0.05) is 20.8 Å². The fourth-order valence-corrected chi connectivity index (χ4v) is 2.63. The zero-order valence-corrected chi connectivity index (χ0v) is 12.0. The molecule has 1 aromatic heterocycles. The summed E-state index contributed by atoms with van der Waals surface area (Å²) in [5.74, 6) is 2.29. The van der Waals surface area contributed by atoms with Crippen molar-refractivity contribution in [1.29, 1.82) is 0 Å². The topological polar surface area (TPSA) is 53.1 Å². The number of nitrogen functional groups attached to an aromatic ring is 1. The second-order valence-electron chi connectivity index (χ2n) is 6.11. The first-order valence-corrected chi connectivity index (χ1v) is 6.89. The minimum absolute atomic E-state index is 0.0257. The maximum atomic E-state index is 6.29. The van der Waals surface area contributed by atoms with Gasteiger partial charge in [-0.3, -0.25) is 0 Å². The van der Waals surface area contributed by atoms with Gasteiger partial charge in [0.25, 0.3) is 0 Å². The third-order valence-corrected chi connectivity index (χ3v) is 3.57. The fourth-order valence-electron chi connectivity index (χ4n) is 2.63. The van der Waals surface area contributed by atoms with Crippen LogP contribution in [0.1, 0.15) is 58.0 Å². The molecule has 0 aromatic carbocycles. The number of imidazole rings is 1. The zero-order valence-electron chi connectivity index (χ0n) is 12.0. The van der Waals surface area contributed by atoms with E-state index in [0.29, 0.717) is 5.92 Å². The molecule has 0 amide bonds. The molecule has 18 heavy (non-hydrogen) atoms. The highest BCUT2D eigenvalue weighted by molar-refractivity contribution is 5.42. The third kappa shape index (κ3) is 2.39. The Morgan fingerprint density at radius 3 is 2.61 bits per heavy atom. The van der Waals surface area contributed by atoms with Crippen LogP contribution in [-0.2, 0) is 16.7 Å². The highest BCUT2D eigenvalue weighted by atomic mass is 16.5. The Morgan fingerprint density at radius 2 is 2.17 bits per heavy atom. The average molecular weight is 251 g/mol. The van der Waals surface area contributed by atoms with Crippen molar-refractivity contribution >= 4 is 5.82 Å². The van der Waals surface area contributed by atoms with E-state index in [2.05, 4.69) is 32.3 Å². The second kappa shape index (κ2) is 4.92. The van der Waals surface area contributed by atoms with Gasteiger partial charge in [-0.2, -0.15) is 0 Å². The molecule has 0 bridgehead atoms. The predicted octanol–water partition coefficient (Wildman–Crippen LogP) is 2.68. The van der Waals surface area contributed by atoms with Crippen LogP contribution in [0.25, 0.3) is 0 Å². The van der Waals surface area contributed by atoms with Crippen LogP contribution in [0, 0.1) is 0 Å². The van der Waals surface area contributed by atoms with Crippen molar-refractivity contribution in [2.75, 3.05) is 18.9 Å². The van der Waals surface area contributed by atoms with Gasteiger partial charge in [0.15, 0.2) is 0 Å². The van der Waals surface area contributed by atoms with Gasteiger partial charge in [0, 0.05) is 24.5 Å². The first-order valence-electron chi connectivity index (χ1n) is 6.89. The largest absolute Gasteiger partial charge is 0.384 e. The lowest BCUT2D eigenvalue weighted by Crippen LogP contribution is -2.19. The van der Waals surface area contributed by atoms with E-state index in [-0.39, 0.29) is 5.41 Å². The fraction of sp³-hybridized carbons (Fsp3) is 0.786. The standard InChI is InChI=1S/C14H25N3O/c1-5-17-12(15)11(10-7-6-8-18-9-10)16-13(17)14(2,3)4/h10H,5-9,15H2,1-4H3. The molecule has 0 radical (unpaired) electrons. The molecule has 4 heteroatoms. The molecule has 0 aliphatic carbocycles. The molecule has 0 spiro atoms. The molecule has 1 aromatic rings. The van der Waals surface area contributed by atoms with Crippen LogP contribution in [0.4, 0.5) is 5.82 Å². The van der Waals surface area contributed by atoms with Crippen LogP contribution in [0.2, 0.25) is 0 Å². The third-order valence-electron chi connectivity index (χ3n) is 3.57. The second-order valence-corrected chi connectivity index (χ2v) is 6.11. The van der Waals surface area contributed by atoms with Crippen LogP contribution in [0.5, 0.6) is 0 Å².